The van der Waals surface area contributed by atoms with Crippen LogP contribution in [0.5, 0.6) is 0 Å². The molecule has 1 aromatic rings. The van der Waals surface area contributed by atoms with Crippen LogP contribution in [0.25, 0.3) is 0 Å². The molecule has 1 aliphatic rings. The molecular weight excluding hydrogens is 244 g/mol. The van der Waals surface area contributed by atoms with E-state index in [9.17, 15) is 0 Å². The van der Waals surface area contributed by atoms with Crippen LogP contribution in [-0.4, -0.2) is 22.4 Å². The topological polar surface area (TPSA) is 49.3 Å². The molecule has 1 aliphatic carbocycles. The summed E-state index contributed by atoms with van der Waals surface area (Å²) in [4.78, 5) is 3.95. The molecule has 2 N–H and O–H groups in total. The molecule has 1 heterocycles. The Morgan fingerprint density at radius 2 is 2.00 bits per heavy atom. The quantitative estimate of drug-likeness (QED) is 0.498. The molecule has 0 spiro atoms. The lowest BCUT2D eigenvalue weighted by Gasteiger charge is -2.23. The monoisotopic (exact) mass is 262 g/mol. The second-order valence-electron chi connectivity index (χ2n) is 4.46. The average Bonchev–Trinajstić information content (AvgIpc) is 2.41. The van der Waals surface area contributed by atoms with Crippen LogP contribution in [0.4, 0.5) is 0 Å². The van der Waals surface area contributed by atoms with Crippen molar-refractivity contribution in [2.24, 2.45) is 5.10 Å². The average molecular weight is 262 g/mol. The van der Waals surface area contributed by atoms with Gasteiger partial charge in [0.1, 0.15) is 0 Å². The SMILES string of the molecule is S=C(N/N=C/c1ccncc1)NC1CCCCC1. The number of rotatable bonds is 3. The number of nitrogens with zero attached hydrogens (tertiary/aromatic N) is 2. The van der Waals surface area contributed by atoms with Crippen LogP contribution < -0.4 is 10.7 Å². The van der Waals surface area contributed by atoms with Gasteiger partial charge in [0.25, 0.3) is 0 Å². The number of thiocarbonyl (C=S) groups is 1. The minimum Gasteiger partial charge on any atom is -0.359 e. The molecule has 1 saturated carbocycles. The third kappa shape index (κ3) is 4.41. The summed E-state index contributed by atoms with van der Waals surface area (Å²) in [6.45, 7) is 0. The van der Waals surface area contributed by atoms with Crippen molar-refractivity contribution in [1.29, 1.82) is 0 Å². The van der Waals surface area contributed by atoms with Gasteiger partial charge in [-0.15, -0.1) is 0 Å². The van der Waals surface area contributed by atoms with E-state index in [-0.39, 0.29) is 0 Å². The fraction of sp³-hybridized carbons (Fsp3) is 0.462. The molecule has 18 heavy (non-hydrogen) atoms. The molecule has 0 amide bonds. The summed E-state index contributed by atoms with van der Waals surface area (Å²) in [6.07, 6.45) is 11.5. The summed E-state index contributed by atoms with van der Waals surface area (Å²) in [5.74, 6) is 0. The van der Waals surface area contributed by atoms with Crippen LogP contribution in [0.3, 0.4) is 0 Å². The van der Waals surface area contributed by atoms with Gasteiger partial charge in [-0.2, -0.15) is 5.10 Å². The van der Waals surface area contributed by atoms with Gasteiger partial charge in [0.2, 0.25) is 0 Å². The van der Waals surface area contributed by atoms with Gasteiger partial charge in [0.15, 0.2) is 5.11 Å². The molecule has 0 radical (unpaired) electrons. The van der Waals surface area contributed by atoms with Crippen LogP contribution in [0.2, 0.25) is 0 Å². The highest BCUT2D eigenvalue weighted by Crippen LogP contribution is 2.17. The number of hydrazone groups is 1. The zero-order valence-electron chi connectivity index (χ0n) is 10.3. The van der Waals surface area contributed by atoms with Crippen molar-refractivity contribution < 1.29 is 0 Å². The first-order chi connectivity index (χ1) is 8.84. The summed E-state index contributed by atoms with van der Waals surface area (Å²) in [5, 5.41) is 8.00. The summed E-state index contributed by atoms with van der Waals surface area (Å²) < 4.78 is 0. The van der Waals surface area contributed by atoms with E-state index in [2.05, 4.69) is 20.8 Å². The summed E-state index contributed by atoms with van der Waals surface area (Å²) in [5.41, 5.74) is 3.85. The van der Waals surface area contributed by atoms with Crippen LogP contribution in [-0.2, 0) is 0 Å². The second kappa shape index (κ2) is 7.06. The van der Waals surface area contributed by atoms with Gasteiger partial charge in [-0.1, -0.05) is 19.3 Å². The molecule has 0 aliphatic heterocycles. The Hall–Kier alpha value is -1.49. The maximum atomic E-state index is 5.20. The van der Waals surface area contributed by atoms with Crippen LogP contribution in [0, 0.1) is 0 Å². The van der Waals surface area contributed by atoms with Crippen molar-refractivity contribution in [2.75, 3.05) is 0 Å². The summed E-state index contributed by atoms with van der Waals surface area (Å²) in [6, 6.07) is 4.29. The number of aromatic nitrogens is 1. The fourth-order valence-electron chi connectivity index (χ4n) is 2.08. The molecule has 0 unspecified atom stereocenters. The van der Waals surface area contributed by atoms with Crippen LogP contribution >= 0.6 is 12.2 Å². The van der Waals surface area contributed by atoms with E-state index in [1.54, 1.807) is 18.6 Å². The van der Waals surface area contributed by atoms with Crippen LogP contribution in [0.15, 0.2) is 29.6 Å². The Bertz CT molecular complexity index is 399. The summed E-state index contributed by atoms with van der Waals surface area (Å²) >= 11 is 5.20. The summed E-state index contributed by atoms with van der Waals surface area (Å²) in [7, 11) is 0. The van der Waals surface area contributed by atoms with Gasteiger partial charge in [0, 0.05) is 18.4 Å². The molecule has 4 nitrogen and oxygen atoms in total. The lowest BCUT2D eigenvalue weighted by atomic mass is 9.96. The van der Waals surface area contributed by atoms with Gasteiger partial charge < -0.3 is 5.32 Å². The molecule has 1 aromatic heterocycles. The van der Waals surface area contributed by atoms with E-state index in [0.717, 1.165) is 5.56 Å². The number of hydrogen-bond donors (Lipinski definition) is 2. The maximum Gasteiger partial charge on any atom is 0.187 e. The first kappa shape index (κ1) is 13.0. The highest BCUT2D eigenvalue weighted by Gasteiger charge is 2.13. The van der Waals surface area contributed by atoms with Crippen molar-refractivity contribution in [3.63, 3.8) is 0 Å². The van der Waals surface area contributed by atoms with Gasteiger partial charge in [0.05, 0.1) is 6.21 Å². The van der Waals surface area contributed by atoms with Crippen molar-refractivity contribution in [2.45, 2.75) is 38.1 Å². The smallest absolute Gasteiger partial charge is 0.187 e. The Morgan fingerprint density at radius 3 is 2.72 bits per heavy atom. The van der Waals surface area contributed by atoms with E-state index >= 15 is 0 Å². The van der Waals surface area contributed by atoms with Crippen LogP contribution in [0.1, 0.15) is 37.7 Å². The van der Waals surface area contributed by atoms with Gasteiger partial charge in [-0.3, -0.25) is 10.4 Å². The van der Waals surface area contributed by atoms with E-state index in [1.165, 1.54) is 32.1 Å². The minimum atomic E-state index is 0.509. The normalized spacial score (nSPS) is 16.7. The van der Waals surface area contributed by atoms with E-state index in [0.29, 0.717) is 11.2 Å². The second-order valence-corrected chi connectivity index (χ2v) is 4.87. The zero-order chi connectivity index (χ0) is 12.6. The molecule has 1 fully saturated rings. The Labute approximate surface area is 113 Å². The lowest BCUT2D eigenvalue weighted by molar-refractivity contribution is 0.412. The van der Waals surface area contributed by atoms with Crippen molar-refractivity contribution in [1.82, 2.24) is 15.7 Å². The Balaban J connectivity index is 1.72. The van der Waals surface area contributed by atoms with E-state index in [1.807, 2.05) is 12.1 Å². The predicted octanol–water partition coefficient (Wildman–Crippen LogP) is 2.21. The van der Waals surface area contributed by atoms with Crippen molar-refractivity contribution in [3.8, 4) is 0 Å². The highest BCUT2D eigenvalue weighted by atomic mass is 32.1. The maximum absolute atomic E-state index is 5.20. The largest absolute Gasteiger partial charge is 0.359 e. The lowest BCUT2D eigenvalue weighted by Crippen LogP contribution is -2.40. The van der Waals surface area contributed by atoms with Crippen molar-refractivity contribution >= 4 is 23.5 Å². The number of nitrogens with one attached hydrogen (secondary N) is 2. The Morgan fingerprint density at radius 1 is 1.28 bits per heavy atom. The van der Waals surface area contributed by atoms with E-state index in [4.69, 9.17) is 12.2 Å². The molecule has 5 heteroatoms. The fourth-order valence-corrected chi connectivity index (χ4v) is 2.30. The van der Waals surface area contributed by atoms with Gasteiger partial charge in [-0.25, -0.2) is 0 Å². The molecule has 2 rings (SSSR count). The third-order valence-corrected chi connectivity index (χ3v) is 3.24. The predicted molar refractivity (Wildman–Crippen MR) is 77.6 cm³/mol. The highest BCUT2D eigenvalue weighted by molar-refractivity contribution is 7.80. The number of hydrogen-bond acceptors (Lipinski definition) is 3. The van der Waals surface area contributed by atoms with Crippen molar-refractivity contribution in [3.05, 3.63) is 30.1 Å². The Kier molecular flexibility index (Phi) is 5.08. The molecular formula is C13H18N4S. The molecule has 0 aromatic carbocycles. The van der Waals surface area contributed by atoms with Gasteiger partial charge in [-0.05, 0) is 42.8 Å². The molecule has 0 saturated heterocycles. The minimum absolute atomic E-state index is 0.509. The third-order valence-electron chi connectivity index (χ3n) is 3.03. The molecule has 96 valence electrons. The first-order valence-corrected chi connectivity index (χ1v) is 6.75. The zero-order valence-corrected chi connectivity index (χ0v) is 11.1. The first-order valence-electron chi connectivity index (χ1n) is 6.34. The molecule has 0 bridgehead atoms. The standard InChI is InChI=1S/C13H18N4S/c18-13(16-12-4-2-1-3-5-12)17-15-10-11-6-8-14-9-7-11/h6-10,12H,1-5H2,(H2,16,17,18)/b15-10+. The van der Waals surface area contributed by atoms with Gasteiger partial charge >= 0.3 is 0 Å². The number of pyridine rings is 1. The van der Waals surface area contributed by atoms with E-state index < -0.39 is 0 Å². The molecule has 0 atom stereocenters.